The lowest BCUT2D eigenvalue weighted by Gasteiger charge is -2.23. The molecule has 1 amide bonds. The number of rotatable bonds is 9. The Hall–Kier alpha value is -2.44. The fourth-order valence-corrected chi connectivity index (χ4v) is 3.44. The Labute approximate surface area is 176 Å². The molecule has 0 heterocycles. The largest absolute Gasteiger partial charge is 0.497 e. The Kier molecular flexibility index (Phi) is 6.87. The molecule has 0 radical (unpaired) electrons. The number of ether oxygens (including phenoxy) is 3. The maximum Gasteiger partial charge on any atom is 0.238 e. The van der Waals surface area contributed by atoms with Crippen LogP contribution in [-0.4, -0.2) is 44.7 Å². The molecule has 7 heteroatoms. The molecule has 0 spiro atoms. The van der Waals surface area contributed by atoms with Crippen molar-refractivity contribution < 1.29 is 19.0 Å². The molecule has 0 bridgehead atoms. The number of anilines is 1. The molecule has 2 aromatic carbocycles. The summed E-state index contributed by atoms with van der Waals surface area (Å²) >= 11 is 6.16. The fourth-order valence-electron chi connectivity index (χ4n) is 3.28. The molecule has 0 unspecified atom stereocenters. The van der Waals surface area contributed by atoms with Gasteiger partial charge >= 0.3 is 0 Å². The third-order valence-electron chi connectivity index (χ3n) is 5.03. The molecule has 1 aliphatic carbocycles. The van der Waals surface area contributed by atoms with Gasteiger partial charge < -0.3 is 19.5 Å². The zero-order valence-corrected chi connectivity index (χ0v) is 18.0. The minimum Gasteiger partial charge on any atom is -0.497 e. The Morgan fingerprint density at radius 3 is 2.45 bits per heavy atom. The van der Waals surface area contributed by atoms with Crippen LogP contribution in [0.5, 0.6) is 17.2 Å². The summed E-state index contributed by atoms with van der Waals surface area (Å²) in [6.07, 6.45) is 2.17. The van der Waals surface area contributed by atoms with Gasteiger partial charge in [-0.3, -0.25) is 9.69 Å². The first-order chi connectivity index (χ1) is 13.9. The van der Waals surface area contributed by atoms with Crippen molar-refractivity contribution in [2.75, 3.05) is 33.2 Å². The van der Waals surface area contributed by atoms with Crippen LogP contribution in [0.15, 0.2) is 30.3 Å². The quantitative estimate of drug-likeness (QED) is 0.658. The summed E-state index contributed by atoms with van der Waals surface area (Å²) in [6.45, 7) is 2.77. The smallest absolute Gasteiger partial charge is 0.238 e. The summed E-state index contributed by atoms with van der Waals surface area (Å²) in [6, 6.07) is 9.65. The van der Waals surface area contributed by atoms with E-state index in [1.165, 1.54) is 0 Å². The second kappa shape index (κ2) is 9.37. The standard InChI is InChI=1S/C22H27ClN2O4/c1-14-9-19(21(29-4)11-18(14)23)24-22(26)13-25(16-5-6-16)12-15-10-17(27-2)7-8-20(15)28-3/h7-11,16H,5-6,12-13H2,1-4H3,(H,24,26). The molecule has 3 rings (SSSR count). The van der Waals surface area contributed by atoms with Crippen LogP contribution in [0.25, 0.3) is 0 Å². The molecule has 29 heavy (non-hydrogen) atoms. The first kappa shape index (κ1) is 21.3. The lowest BCUT2D eigenvalue weighted by Crippen LogP contribution is -2.34. The second-order valence-corrected chi connectivity index (χ2v) is 7.57. The third-order valence-corrected chi connectivity index (χ3v) is 5.43. The van der Waals surface area contributed by atoms with E-state index in [4.69, 9.17) is 25.8 Å². The van der Waals surface area contributed by atoms with Gasteiger partial charge in [0.2, 0.25) is 5.91 Å². The van der Waals surface area contributed by atoms with Crippen LogP contribution < -0.4 is 19.5 Å². The molecule has 0 aromatic heterocycles. The highest BCUT2D eigenvalue weighted by Crippen LogP contribution is 2.33. The maximum absolute atomic E-state index is 12.8. The van der Waals surface area contributed by atoms with Crippen molar-refractivity contribution in [3.8, 4) is 17.2 Å². The molecule has 2 aromatic rings. The number of hydrogen-bond acceptors (Lipinski definition) is 5. The van der Waals surface area contributed by atoms with E-state index in [0.717, 1.165) is 35.5 Å². The van der Waals surface area contributed by atoms with Gasteiger partial charge in [-0.2, -0.15) is 0 Å². The molecule has 0 atom stereocenters. The van der Waals surface area contributed by atoms with Gasteiger partial charge in [-0.25, -0.2) is 0 Å². The molecule has 0 saturated heterocycles. The topological polar surface area (TPSA) is 60.0 Å². The number of aryl methyl sites for hydroxylation is 1. The average Bonchev–Trinajstić information content (AvgIpc) is 3.55. The second-order valence-electron chi connectivity index (χ2n) is 7.16. The van der Waals surface area contributed by atoms with Crippen molar-refractivity contribution in [2.45, 2.75) is 32.4 Å². The van der Waals surface area contributed by atoms with Crippen LogP contribution in [-0.2, 0) is 11.3 Å². The van der Waals surface area contributed by atoms with Crippen LogP contribution in [0.1, 0.15) is 24.0 Å². The number of carbonyl (C=O) groups excluding carboxylic acids is 1. The Balaban J connectivity index is 1.73. The molecule has 156 valence electrons. The molecule has 0 aliphatic heterocycles. The fraction of sp³-hybridized carbons (Fsp3) is 0.409. The van der Waals surface area contributed by atoms with Crippen LogP contribution in [0.3, 0.4) is 0 Å². The first-order valence-corrected chi connectivity index (χ1v) is 9.92. The summed E-state index contributed by atoms with van der Waals surface area (Å²) in [4.78, 5) is 15.0. The Bertz CT molecular complexity index is 883. The molecular formula is C22H27ClN2O4. The summed E-state index contributed by atoms with van der Waals surface area (Å²) < 4.78 is 16.2. The number of nitrogens with one attached hydrogen (secondary N) is 1. The van der Waals surface area contributed by atoms with E-state index in [1.54, 1.807) is 27.4 Å². The van der Waals surface area contributed by atoms with Crippen molar-refractivity contribution in [2.24, 2.45) is 0 Å². The van der Waals surface area contributed by atoms with Gasteiger partial charge in [0, 0.05) is 29.2 Å². The highest BCUT2D eigenvalue weighted by Gasteiger charge is 2.31. The highest BCUT2D eigenvalue weighted by molar-refractivity contribution is 6.31. The lowest BCUT2D eigenvalue weighted by atomic mass is 10.1. The van der Waals surface area contributed by atoms with Crippen LogP contribution >= 0.6 is 11.6 Å². The van der Waals surface area contributed by atoms with E-state index in [0.29, 0.717) is 29.0 Å². The number of carbonyl (C=O) groups is 1. The van der Waals surface area contributed by atoms with Crippen molar-refractivity contribution in [1.82, 2.24) is 4.90 Å². The van der Waals surface area contributed by atoms with Crippen molar-refractivity contribution in [3.63, 3.8) is 0 Å². The van der Waals surface area contributed by atoms with Gasteiger partial charge in [-0.05, 0) is 49.6 Å². The number of amides is 1. The SMILES string of the molecule is COc1ccc(OC)c(CN(CC(=O)Nc2cc(C)c(Cl)cc2OC)C2CC2)c1. The molecule has 1 N–H and O–H groups in total. The van der Waals surface area contributed by atoms with Crippen LogP contribution in [0.4, 0.5) is 5.69 Å². The minimum absolute atomic E-state index is 0.0983. The van der Waals surface area contributed by atoms with Gasteiger partial charge in [-0.15, -0.1) is 0 Å². The summed E-state index contributed by atoms with van der Waals surface area (Å²) in [7, 11) is 4.84. The van der Waals surface area contributed by atoms with E-state index in [-0.39, 0.29) is 12.5 Å². The zero-order valence-electron chi connectivity index (χ0n) is 17.3. The molecular weight excluding hydrogens is 392 g/mol. The number of benzene rings is 2. The Morgan fingerprint density at radius 1 is 1.10 bits per heavy atom. The first-order valence-electron chi connectivity index (χ1n) is 9.54. The number of halogens is 1. The summed E-state index contributed by atoms with van der Waals surface area (Å²) in [5.74, 6) is 1.99. The number of hydrogen-bond donors (Lipinski definition) is 1. The maximum atomic E-state index is 12.8. The van der Waals surface area contributed by atoms with Crippen LogP contribution in [0.2, 0.25) is 5.02 Å². The lowest BCUT2D eigenvalue weighted by molar-refractivity contribution is -0.117. The summed E-state index contributed by atoms with van der Waals surface area (Å²) in [5.41, 5.74) is 2.49. The van der Waals surface area contributed by atoms with Crippen molar-refractivity contribution in [1.29, 1.82) is 0 Å². The van der Waals surface area contributed by atoms with E-state index >= 15 is 0 Å². The van der Waals surface area contributed by atoms with Gasteiger partial charge in [0.15, 0.2) is 0 Å². The van der Waals surface area contributed by atoms with E-state index in [1.807, 2.05) is 31.2 Å². The van der Waals surface area contributed by atoms with Gasteiger partial charge in [-0.1, -0.05) is 11.6 Å². The zero-order chi connectivity index (χ0) is 21.0. The van der Waals surface area contributed by atoms with Gasteiger partial charge in [0.1, 0.15) is 17.2 Å². The van der Waals surface area contributed by atoms with Crippen molar-refractivity contribution in [3.05, 3.63) is 46.5 Å². The minimum atomic E-state index is -0.0983. The summed E-state index contributed by atoms with van der Waals surface area (Å²) in [5, 5.41) is 3.56. The predicted octanol–water partition coefficient (Wildman–Crippen LogP) is 4.28. The average molecular weight is 419 g/mol. The number of methoxy groups -OCH3 is 3. The molecule has 1 fully saturated rings. The molecule has 1 aliphatic rings. The van der Waals surface area contributed by atoms with E-state index in [2.05, 4.69) is 10.2 Å². The number of nitrogens with zero attached hydrogens (tertiary/aromatic N) is 1. The molecule has 6 nitrogen and oxygen atoms in total. The van der Waals surface area contributed by atoms with E-state index in [9.17, 15) is 4.79 Å². The Morgan fingerprint density at radius 2 is 1.83 bits per heavy atom. The van der Waals surface area contributed by atoms with Crippen molar-refractivity contribution >= 4 is 23.2 Å². The van der Waals surface area contributed by atoms with E-state index < -0.39 is 0 Å². The van der Waals surface area contributed by atoms with Gasteiger partial charge in [0.25, 0.3) is 0 Å². The van der Waals surface area contributed by atoms with Gasteiger partial charge in [0.05, 0.1) is 33.6 Å². The highest BCUT2D eigenvalue weighted by atomic mass is 35.5. The molecule has 1 saturated carbocycles. The predicted molar refractivity (Wildman–Crippen MR) is 114 cm³/mol. The third kappa shape index (κ3) is 5.34. The van der Waals surface area contributed by atoms with Crippen LogP contribution in [0, 0.1) is 6.92 Å². The monoisotopic (exact) mass is 418 g/mol. The normalized spacial score (nSPS) is 13.3.